The fourth-order valence-electron chi connectivity index (χ4n) is 0.873. The molecule has 14 heavy (non-hydrogen) atoms. The Hall–Kier alpha value is -0.280. The van der Waals surface area contributed by atoms with E-state index >= 15 is 0 Å². The van der Waals surface area contributed by atoms with Crippen molar-refractivity contribution in [3.63, 3.8) is 0 Å². The first-order valence-electron chi connectivity index (χ1n) is 4.07. The first-order chi connectivity index (χ1) is 6.45. The van der Waals surface area contributed by atoms with Crippen LogP contribution >= 0.6 is 0 Å². The van der Waals surface area contributed by atoms with Gasteiger partial charge in [-0.15, -0.1) is 0 Å². The summed E-state index contributed by atoms with van der Waals surface area (Å²) < 4.78 is 0. The predicted molar refractivity (Wildman–Crippen MR) is 44.2 cm³/mol. The fourth-order valence-corrected chi connectivity index (χ4v) is 0.873. The summed E-state index contributed by atoms with van der Waals surface area (Å²) in [6.07, 6.45) is -8.68. The lowest BCUT2D eigenvalue weighted by Gasteiger charge is -2.27. The molecule has 86 valence electrons. The zero-order valence-electron chi connectivity index (χ0n) is 7.43. The Morgan fingerprint density at radius 2 is 0.857 bits per heavy atom. The van der Waals surface area contributed by atoms with Gasteiger partial charge in [0.25, 0.3) is 0 Å². The lowest BCUT2D eigenvalue weighted by atomic mass is 10.00. The normalized spacial score (nSPS) is 22.5. The molecule has 7 nitrogen and oxygen atoms in total. The van der Waals surface area contributed by atoms with Crippen LogP contribution in [-0.4, -0.2) is 79.5 Å². The van der Waals surface area contributed by atoms with Crippen LogP contribution in [0.4, 0.5) is 0 Å². The van der Waals surface area contributed by atoms with Crippen LogP contribution in [0.2, 0.25) is 0 Å². The van der Waals surface area contributed by atoms with E-state index in [-0.39, 0.29) is 0 Å². The van der Waals surface area contributed by atoms with Crippen molar-refractivity contribution in [1.82, 2.24) is 0 Å². The third kappa shape index (κ3) is 3.46. The van der Waals surface area contributed by atoms with E-state index in [0.29, 0.717) is 0 Å². The lowest BCUT2D eigenvalue weighted by Crippen LogP contribution is -2.50. The van der Waals surface area contributed by atoms with Crippen molar-refractivity contribution in [2.75, 3.05) is 13.2 Å². The van der Waals surface area contributed by atoms with E-state index in [0.717, 1.165) is 0 Å². The van der Waals surface area contributed by atoms with Gasteiger partial charge in [0.2, 0.25) is 0 Å². The number of hydrogen-bond acceptors (Lipinski definition) is 7. The molecule has 7 heteroatoms. The van der Waals surface area contributed by atoms with E-state index in [9.17, 15) is 0 Å². The van der Waals surface area contributed by atoms with E-state index in [4.69, 9.17) is 35.7 Å². The lowest BCUT2D eigenvalue weighted by molar-refractivity contribution is -0.145. The molecule has 0 saturated heterocycles. The molecule has 0 saturated carbocycles. The second-order valence-corrected chi connectivity index (χ2v) is 2.97. The largest absolute Gasteiger partial charge is 0.394 e. The first kappa shape index (κ1) is 13.7. The van der Waals surface area contributed by atoms with Crippen LogP contribution in [0.5, 0.6) is 0 Å². The van der Waals surface area contributed by atoms with Crippen molar-refractivity contribution in [1.29, 1.82) is 0 Å². The number of hydrogen-bond donors (Lipinski definition) is 7. The van der Waals surface area contributed by atoms with Crippen molar-refractivity contribution in [2.45, 2.75) is 30.5 Å². The summed E-state index contributed by atoms with van der Waals surface area (Å²) in [5.74, 6) is 0. The molecule has 0 aromatic heterocycles. The maximum Gasteiger partial charge on any atom is 0.111 e. The van der Waals surface area contributed by atoms with Crippen LogP contribution in [0, 0.1) is 0 Å². The molecule has 0 fully saturated rings. The molecular weight excluding hydrogens is 196 g/mol. The molecule has 0 rings (SSSR count). The zero-order valence-corrected chi connectivity index (χ0v) is 7.43. The number of rotatable bonds is 6. The van der Waals surface area contributed by atoms with Crippen LogP contribution in [-0.2, 0) is 0 Å². The molecule has 5 atom stereocenters. The van der Waals surface area contributed by atoms with Gasteiger partial charge in [0.1, 0.15) is 30.5 Å². The van der Waals surface area contributed by atoms with E-state index < -0.39 is 43.7 Å². The van der Waals surface area contributed by atoms with Crippen molar-refractivity contribution in [3.8, 4) is 0 Å². The van der Waals surface area contributed by atoms with Gasteiger partial charge < -0.3 is 35.7 Å². The maximum absolute atomic E-state index is 9.15. The highest BCUT2D eigenvalue weighted by atomic mass is 16.4. The summed E-state index contributed by atoms with van der Waals surface area (Å²) in [6, 6.07) is 0. The third-order valence-electron chi connectivity index (χ3n) is 1.86. The molecule has 0 aliphatic carbocycles. The summed E-state index contributed by atoms with van der Waals surface area (Å²) >= 11 is 0. The maximum atomic E-state index is 9.15. The quantitative estimate of drug-likeness (QED) is 0.236. The molecule has 0 aliphatic rings. The van der Waals surface area contributed by atoms with Gasteiger partial charge in [0.05, 0.1) is 13.2 Å². The summed E-state index contributed by atoms with van der Waals surface area (Å²) in [7, 11) is 0. The molecule has 0 spiro atoms. The SMILES string of the molecule is OC[C@@H](O)[C@@H](O)C(O)[C@H](O)[C@@H](O)CO. The van der Waals surface area contributed by atoms with Gasteiger partial charge >= 0.3 is 0 Å². The van der Waals surface area contributed by atoms with E-state index in [1.807, 2.05) is 0 Å². The van der Waals surface area contributed by atoms with Crippen molar-refractivity contribution in [3.05, 3.63) is 0 Å². The Bertz CT molecular complexity index is 137. The molecule has 0 bridgehead atoms. The molecule has 0 aliphatic heterocycles. The summed E-state index contributed by atoms with van der Waals surface area (Å²) in [6.45, 7) is -1.58. The van der Waals surface area contributed by atoms with E-state index in [1.54, 1.807) is 0 Å². The minimum atomic E-state index is -1.85. The van der Waals surface area contributed by atoms with Crippen molar-refractivity contribution < 1.29 is 35.7 Å². The first-order valence-corrected chi connectivity index (χ1v) is 4.07. The van der Waals surface area contributed by atoms with Gasteiger partial charge in [-0.1, -0.05) is 0 Å². The van der Waals surface area contributed by atoms with Gasteiger partial charge in [0.15, 0.2) is 0 Å². The van der Waals surface area contributed by atoms with Crippen LogP contribution in [0.15, 0.2) is 0 Å². The summed E-state index contributed by atoms with van der Waals surface area (Å²) in [5, 5.41) is 61.9. The molecule has 0 heterocycles. The second-order valence-electron chi connectivity index (χ2n) is 2.97. The fraction of sp³-hybridized carbons (Fsp3) is 1.00. The van der Waals surface area contributed by atoms with Gasteiger partial charge in [-0.05, 0) is 0 Å². The Balaban J connectivity index is 4.22. The van der Waals surface area contributed by atoms with Crippen molar-refractivity contribution >= 4 is 0 Å². The van der Waals surface area contributed by atoms with Gasteiger partial charge in [0, 0.05) is 0 Å². The van der Waals surface area contributed by atoms with Gasteiger partial charge in [-0.2, -0.15) is 0 Å². The minimum Gasteiger partial charge on any atom is -0.394 e. The van der Waals surface area contributed by atoms with Crippen molar-refractivity contribution in [2.24, 2.45) is 0 Å². The molecule has 0 radical (unpaired) electrons. The monoisotopic (exact) mass is 212 g/mol. The van der Waals surface area contributed by atoms with E-state index in [1.165, 1.54) is 0 Å². The number of aliphatic hydroxyl groups excluding tert-OH is 7. The molecule has 0 aromatic carbocycles. The zero-order chi connectivity index (χ0) is 11.3. The standard InChI is InChI=1S/C7H16O7/c8-1-3(10)5(12)7(14)6(13)4(11)2-9/h3-14H,1-2H2/t3-,4+,5-,6-,7?/m1/s1. The van der Waals surface area contributed by atoms with Crippen LogP contribution in [0.1, 0.15) is 0 Å². The minimum absolute atomic E-state index is 0.792. The average molecular weight is 212 g/mol. The van der Waals surface area contributed by atoms with E-state index in [2.05, 4.69) is 0 Å². The highest BCUT2D eigenvalue weighted by Crippen LogP contribution is 2.07. The average Bonchev–Trinajstić information content (AvgIpc) is 2.23. The van der Waals surface area contributed by atoms with Gasteiger partial charge in [-0.3, -0.25) is 0 Å². The summed E-state index contributed by atoms with van der Waals surface area (Å²) in [4.78, 5) is 0. The van der Waals surface area contributed by atoms with Crippen LogP contribution < -0.4 is 0 Å². The molecule has 0 aromatic rings. The highest BCUT2D eigenvalue weighted by molar-refractivity contribution is 4.84. The number of aliphatic hydroxyl groups is 7. The van der Waals surface area contributed by atoms with Crippen LogP contribution in [0.25, 0.3) is 0 Å². The highest BCUT2D eigenvalue weighted by Gasteiger charge is 2.33. The smallest absolute Gasteiger partial charge is 0.111 e. The Labute approximate surface area is 80.5 Å². The second kappa shape index (κ2) is 6.25. The molecular formula is C7H16O7. The summed E-state index contributed by atoms with van der Waals surface area (Å²) in [5.41, 5.74) is 0. The Morgan fingerprint density at radius 3 is 1.07 bits per heavy atom. The Morgan fingerprint density at radius 1 is 0.571 bits per heavy atom. The third-order valence-corrected chi connectivity index (χ3v) is 1.86. The van der Waals surface area contributed by atoms with Crippen LogP contribution in [0.3, 0.4) is 0 Å². The molecule has 7 N–H and O–H groups in total. The topological polar surface area (TPSA) is 142 Å². The Kier molecular flexibility index (Phi) is 6.12. The van der Waals surface area contributed by atoms with Gasteiger partial charge in [-0.25, -0.2) is 0 Å². The predicted octanol–water partition coefficient (Wildman–Crippen LogP) is -4.22. The molecule has 0 amide bonds. The molecule has 1 unspecified atom stereocenters.